The highest BCUT2D eigenvalue weighted by Crippen LogP contribution is 2.21. The van der Waals surface area contributed by atoms with Crippen molar-refractivity contribution in [3.05, 3.63) is 75.7 Å². The smallest absolute Gasteiger partial charge is 0.338 e. The summed E-state index contributed by atoms with van der Waals surface area (Å²) in [5.41, 5.74) is 1.48. The zero-order valence-electron chi connectivity index (χ0n) is 13.4. The molecule has 3 aromatic rings. The van der Waals surface area contributed by atoms with Gasteiger partial charge in [-0.3, -0.25) is 10.1 Å². The van der Waals surface area contributed by atoms with Gasteiger partial charge >= 0.3 is 5.97 Å². The summed E-state index contributed by atoms with van der Waals surface area (Å²) < 4.78 is 10.5. The molecular weight excluding hydrogens is 342 g/mol. The number of nitro benzene ring substituents is 1. The van der Waals surface area contributed by atoms with Gasteiger partial charge in [-0.05, 0) is 29.8 Å². The fraction of sp³-hybridized carbons (Fsp3) is 0.118. The average molecular weight is 355 g/mol. The number of esters is 1. The van der Waals surface area contributed by atoms with Gasteiger partial charge in [0.1, 0.15) is 0 Å². The molecule has 0 spiro atoms. The minimum absolute atomic E-state index is 0.0466. The molecule has 0 bridgehead atoms. The van der Waals surface area contributed by atoms with E-state index in [0.717, 1.165) is 0 Å². The lowest BCUT2D eigenvalue weighted by molar-refractivity contribution is -0.384. The minimum Gasteiger partial charge on any atom is -0.452 e. The van der Waals surface area contributed by atoms with Crippen molar-refractivity contribution in [2.24, 2.45) is 0 Å². The second-order valence-electron chi connectivity index (χ2n) is 5.24. The molecule has 0 aliphatic heterocycles. The van der Waals surface area contributed by atoms with Crippen molar-refractivity contribution in [2.75, 3.05) is 0 Å². The molecule has 9 nitrogen and oxygen atoms in total. The number of aromatic nitrogens is 2. The monoisotopic (exact) mass is 355 g/mol. The van der Waals surface area contributed by atoms with Crippen LogP contribution in [0.3, 0.4) is 0 Å². The van der Waals surface area contributed by atoms with Crippen LogP contribution >= 0.6 is 0 Å². The van der Waals surface area contributed by atoms with E-state index in [9.17, 15) is 14.9 Å². The number of non-ortho nitro benzene ring substituents is 1. The Morgan fingerprint density at radius 3 is 2.42 bits per heavy atom. The van der Waals surface area contributed by atoms with Crippen molar-refractivity contribution < 1.29 is 24.0 Å². The van der Waals surface area contributed by atoms with Gasteiger partial charge in [0.15, 0.2) is 6.61 Å². The van der Waals surface area contributed by atoms with Gasteiger partial charge in [0.25, 0.3) is 11.6 Å². The molecule has 1 N–H and O–H groups in total. The van der Waals surface area contributed by atoms with E-state index in [-0.39, 0.29) is 30.7 Å². The fourth-order valence-corrected chi connectivity index (χ4v) is 2.11. The number of aliphatic hydroxyl groups excluding tert-OH is 1. The first-order valence-corrected chi connectivity index (χ1v) is 7.51. The number of nitro groups is 1. The van der Waals surface area contributed by atoms with Gasteiger partial charge in [-0.2, -0.15) is 0 Å². The SMILES string of the molecule is O=C(OCc1nnc(-c2ccc([N+](=O)[O-])cc2)o1)c1ccc(CO)cc1. The molecule has 0 unspecified atom stereocenters. The molecule has 0 saturated carbocycles. The summed E-state index contributed by atoms with van der Waals surface area (Å²) in [5, 5.41) is 27.2. The van der Waals surface area contributed by atoms with Crippen LogP contribution in [0.4, 0.5) is 5.69 Å². The van der Waals surface area contributed by atoms with Gasteiger partial charge in [-0.25, -0.2) is 4.79 Å². The number of rotatable bonds is 6. The molecule has 9 heteroatoms. The molecule has 3 rings (SSSR count). The number of carbonyl (C=O) groups is 1. The van der Waals surface area contributed by atoms with E-state index in [0.29, 0.717) is 16.7 Å². The minimum atomic E-state index is -0.565. The Morgan fingerprint density at radius 1 is 1.12 bits per heavy atom. The molecule has 132 valence electrons. The van der Waals surface area contributed by atoms with Crippen LogP contribution in [0.15, 0.2) is 52.9 Å². The molecule has 1 aromatic heterocycles. The Kier molecular flexibility index (Phi) is 4.99. The normalized spacial score (nSPS) is 10.5. The number of ether oxygens (including phenoxy) is 1. The van der Waals surface area contributed by atoms with Gasteiger partial charge < -0.3 is 14.3 Å². The molecule has 26 heavy (non-hydrogen) atoms. The van der Waals surface area contributed by atoms with Crippen LogP contribution in [0, 0.1) is 10.1 Å². The molecule has 0 amide bonds. The van der Waals surface area contributed by atoms with Crippen LogP contribution in [0.5, 0.6) is 0 Å². The average Bonchev–Trinajstić information content (AvgIpc) is 3.15. The first kappa shape index (κ1) is 17.2. The Hall–Kier alpha value is -3.59. The Morgan fingerprint density at radius 2 is 1.81 bits per heavy atom. The van der Waals surface area contributed by atoms with Crippen LogP contribution in [0.2, 0.25) is 0 Å². The largest absolute Gasteiger partial charge is 0.452 e. The van der Waals surface area contributed by atoms with Crippen molar-refractivity contribution in [1.29, 1.82) is 0 Å². The van der Waals surface area contributed by atoms with E-state index in [1.165, 1.54) is 24.3 Å². The van der Waals surface area contributed by atoms with Crippen LogP contribution in [-0.2, 0) is 18.0 Å². The van der Waals surface area contributed by atoms with Crippen molar-refractivity contribution >= 4 is 11.7 Å². The molecule has 0 radical (unpaired) electrons. The number of nitrogens with zero attached hydrogens (tertiary/aromatic N) is 3. The number of hydrogen-bond donors (Lipinski definition) is 1. The van der Waals surface area contributed by atoms with E-state index in [1.54, 1.807) is 24.3 Å². The Balaban J connectivity index is 1.62. The zero-order chi connectivity index (χ0) is 18.5. The number of carbonyl (C=O) groups excluding carboxylic acids is 1. The van der Waals surface area contributed by atoms with Crippen molar-refractivity contribution in [2.45, 2.75) is 13.2 Å². The fourth-order valence-electron chi connectivity index (χ4n) is 2.11. The molecule has 1 heterocycles. The number of hydrogen-bond acceptors (Lipinski definition) is 8. The third-order valence-corrected chi connectivity index (χ3v) is 3.49. The second-order valence-corrected chi connectivity index (χ2v) is 5.24. The molecule has 0 atom stereocenters. The van der Waals surface area contributed by atoms with E-state index in [2.05, 4.69) is 10.2 Å². The number of aliphatic hydroxyl groups is 1. The summed E-state index contributed by atoms with van der Waals surface area (Å²) in [6, 6.07) is 12.0. The maximum Gasteiger partial charge on any atom is 0.338 e. The van der Waals surface area contributed by atoms with Gasteiger partial charge in [-0.15, -0.1) is 10.2 Å². The highest BCUT2D eigenvalue weighted by molar-refractivity contribution is 5.89. The van der Waals surface area contributed by atoms with Gasteiger partial charge in [0.05, 0.1) is 17.1 Å². The molecule has 0 aliphatic carbocycles. The third kappa shape index (κ3) is 3.90. The standard InChI is InChI=1S/C17H13N3O6/c21-9-11-1-3-13(4-2-11)17(22)25-10-15-18-19-16(26-15)12-5-7-14(8-6-12)20(23)24/h1-8,21H,9-10H2. The van der Waals surface area contributed by atoms with Gasteiger partial charge in [0.2, 0.25) is 5.89 Å². The predicted molar refractivity (Wildman–Crippen MR) is 87.9 cm³/mol. The second kappa shape index (κ2) is 7.53. The quantitative estimate of drug-likeness (QED) is 0.406. The van der Waals surface area contributed by atoms with E-state index in [1.807, 2.05) is 0 Å². The van der Waals surface area contributed by atoms with Crippen LogP contribution < -0.4 is 0 Å². The summed E-state index contributed by atoms with van der Waals surface area (Å²) in [6.07, 6.45) is 0. The maximum atomic E-state index is 12.0. The summed E-state index contributed by atoms with van der Waals surface area (Å²) in [5.74, 6) is -0.304. The van der Waals surface area contributed by atoms with Crippen molar-refractivity contribution in [3.63, 3.8) is 0 Å². The highest BCUT2D eigenvalue weighted by Gasteiger charge is 2.13. The Labute approximate surface area is 147 Å². The van der Waals surface area contributed by atoms with Crippen LogP contribution in [0.1, 0.15) is 21.8 Å². The summed E-state index contributed by atoms with van der Waals surface area (Å²) in [6.45, 7) is -0.316. The topological polar surface area (TPSA) is 129 Å². The van der Waals surface area contributed by atoms with Gasteiger partial charge in [-0.1, -0.05) is 12.1 Å². The molecule has 0 saturated heterocycles. The summed E-state index contributed by atoms with van der Waals surface area (Å²) in [7, 11) is 0. The molecule has 0 aliphatic rings. The van der Waals surface area contributed by atoms with Crippen molar-refractivity contribution in [3.8, 4) is 11.5 Å². The van der Waals surface area contributed by atoms with E-state index in [4.69, 9.17) is 14.3 Å². The molecule has 0 fully saturated rings. The van der Waals surface area contributed by atoms with Crippen LogP contribution in [-0.4, -0.2) is 26.2 Å². The third-order valence-electron chi connectivity index (χ3n) is 3.49. The lowest BCUT2D eigenvalue weighted by Gasteiger charge is -2.02. The van der Waals surface area contributed by atoms with E-state index < -0.39 is 10.9 Å². The number of benzene rings is 2. The predicted octanol–water partition coefficient (Wildman–Crippen LogP) is 2.49. The molecule has 2 aromatic carbocycles. The van der Waals surface area contributed by atoms with Crippen molar-refractivity contribution in [1.82, 2.24) is 10.2 Å². The lowest BCUT2D eigenvalue weighted by Crippen LogP contribution is -2.05. The zero-order valence-corrected chi connectivity index (χ0v) is 13.4. The first-order valence-electron chi connectivity index (χ1n) is 7.51. The maximum absolute atomic E-state index is 12.0. The summed E-state index contributed by atoms with van der Waals surface area (Å²) >= 11 is 0. The lowest BCUT2D eigenvalue weighted by atomic mass is 10.1. The summed E-state index contributed by atoms with van der Waals surface area (Å²) in [4.78, 5) is 22.1. The Bertz CT molecular complexity index is 918. The van der Waals surface area contributed by atoms with Crippen LogP contribution in [0.25, 0.3) is 11.5 Å². The van der Waals surface area contributed by atoms with E-state index >= 15 is 0 Å². The van der Waals surface area contributed by atoms with Gasteiger partial charge in [0, 0.05) is 17.7 Å². The molecular formula is C17H13N3O6. The highest BCUT2D eigenvalue weighted by atomic mass is 16.6. The first-order chi connectivity index (χ1) is 12.6.